The van der Waals surface area contributed by atoms with Gasteiger partial charge in [-0.05, 0) is 75.6 Å². The van der Waals surface area contributed by atoms with Crippen LogP contribution in [0, 0.1) is 26.2 Å². The average molecular weight is 354 g/mol. The molecule has 2 rings (SSSR count). The molecule has 0 aliphatic carbocycles. The fourth-order valence-corrected chi connectivity index (χ4v) is 2.64. The van der Waals surface area contributed by atoms with Crippen LogP contribution < -0.4 is 15.4 Å². The number of anilines is 2. The molecule has 5 heteroatoms. The number of amides is 2. The van der Waals surface area contributed by atoms with E-state index in [-0.39, 0.29) is 5.91 Å². The Kier molecular flexibility index (Phi) is 5.70. The second-order valence-corrected chi connectivity index (χ2v) is 7.11. The van der Waals surface area contributed by atoms with Crippen molar-refractivity contribution in [2.24, 2.45) is 5.41 Å². The second kappa shape index (κ2) is 7.60. The number of benzene rings is 2. The maximum absolute atomic E-state index is 12.8. The van der Waals surface area contributed by atoms with Gasteiger partial charge in [0.1, 0.15) is 11.2 Å². The van der Waals surface area contributed by atoms with Crippen LogP contribution in [0.1, 0.15) is 30.5 Å². The van der Waals surface area contributed by atoms with Crippen LogP contribution in [-0.2, 0) is 9.59 Å². The van der Waals surface area contributed by atoms with Gasteiger partial charge in [-0.1, -0.05) is 12.1 Å². The molecule has 138 valence electrons. The van der Waals surface area contributed by atoms with Gasteiger partial charge in [0.25, 0.3) is 0 Å². The van der Waals surface area contributed by atoms with Crippen LogP contribution in [0.15, 0.2) is 36.4 Å². The molecule has 0 atom stereocenters. The summed E-state index contributed by atoms with van der Waals surface area (Å²) in [6.07, 6.45) is 0. The highest BCUT2D eigenvalue weighted by molar-refractivity contribution is 6.14. The van der Waals surface area contributed by atoms with Crippen molar-refractivity contribution in [2.75, 3.05) is 17.7 Å². The van der Waals surface area contributed by atoms with Gasteiger partial charge in [0, 0.05) is 5.69 Å². The zero-order valence-corrected chi connectivity index (χ0v) is 16.2. The van der Waals surface area contributed by atoms with Crippen molar-refractivity contribution in [1.82, 2.24) is 0 Å². The zero-order valence-electron chi connectivity index (χ0n) is 16.2. The first kappa shape index (κ1) is 19.5. The molecule has 0 aromatic heterocycles. The number of methoxy groups -OCH3 is 1. The summed E-state index contributed by atoms with van der Waals surface area (Å²) in [6, 6.07) is 11.3. The number of ether oxygens (including phenoxy) is 1. The van der Waals surface area contributed by atoms with Gasteiger partial charge in [0.2, 0.25) is 11.8 Å². The first-order valence-corrected chi connectivity index (χ1v) is 8.49. The molecular weight excluding hydrogens is 328 g/mol. The van der Waals surface area contributed by atoms with Crippen molar-refractivity contribution >= 4 is 23.2 Å². The predicted octanol–water partition coefficient (Wildman–Crippen LogP) is 4.22. The predicted molar refractivity (Wildman–Crippen MR) is 105 cm³/mol. The standard InChI is InChI=1S/C21H26N2O3/c1-13-7-8-18(26-6)17(12-13)23-20(25)21(4,5)19(24)22-16-10-14(2)9-15(3)11-16/h7-12H,1-6H3,(H,22,24)(H,23,25). The van der Waals surface area contributed by atoms with Crippen LogP contribution in [0.25, 0.3) is 0 Å². The molecule has 2 N–H and O–H groups in total. The first-order valence-electron chi connectivity index (χ1n) is 8.49. The molecule has 0 unspecified atom stereocenters. The Balaban J connectivity index is 2.18. The third kappa shape index (κ3) is 4.42. The summed E-state index contributed by atoms with van der Waals surface area (Å²) < 4.78 is 5.28. The van der Waals surface area contributed by atoms with Gasteiger partial charge in [-0.25, -0.2) is 0 Å². The topological polar surface area (TPSA) is 67.4 Å². The molecule has 0 saturated heterocycles. The van der Waals surface area contributed by atoms with E-state index < -0.39 is 11.3 Å². The van der Waals surface area contributed by atoms with Crippen molar-refractivity contribution in [3.05, 3.63) is 53.1 Å². The number of aryl methyl sites for hydroxylation is 3. The minimum Gasteiger partial charge on any atom is -0.495 e. The summed E-state index contributed by atoms with van der Waals surface area (Å²) >= 11 is 0. The Hall–Kier alpha value is -2.82. The molecule has 0 aliphatic rings. The van der Waals surface area contributed by atoms with E-state index in [0.717, 1.165) is 16.7 Å². The highest BCUT2D eigenvalue weighted by atomic mass is 16.5. The van der Waals surface area contributed by atoms with E-state index in [9.17, 15) is 9.59 Å². The Morgan fingerprint density at radius 3 is 2.00 bits per heavy atom. The first-order chi connectivity index (χ1) is 12.1. The molecule has 26 heavy (non-hydrogen) atoms. The number of nitrogens with one attached hydrogen (secondary N) is 2. The maximum atomic E-state index is 12.8. The Labute approximate surface area is 154 Å². The SMILES string of the molecule is COc1ccc(C)cc1NC(=O)C(C)(C)C(=O)Nc1cc(C)cc(C)c1. The summed E-state index contributed by atoms with van der Waals surface area (Å²) in [4.78, 5) is 25.5. The summed E-state index contributed by atoms with van der Waals surface area (Å²) in [5.74, 6) is -0.218. The molecule has 0 aliphatic heterocycles. The van der Waals surface area contributed by atoms with E-state index >= 15 is 0 Å². The molecule has 0 bridgehead atoms. The zero-order chi connectivity index (χ0) is 19.5. The van der Waals surface area contributed by atoms with E-state index in [4.69, 9.17) is 4.74 Å². The van der Waals surface area contributed by atoms with Gasteiger partial charge in [-0.2, -0.15) is 0 Å². The summed E-state index contributed by atoms with van der Waals surface area (Å²) in [5.41, 5.74) is 3.05. The third-order valence-electron chi connectivity index (χ3n) is 4.22. The molecule has 0 saturated carbocycles. The largest absolute Gasteiger partial charge is 0.495 e. The molecule has 0 heterocycles. The molecule has 5 nitrogen and oxygen atoms in total. The van der Waals surface area contributed by atoms with Gasteiger partial charge in [0.15, 0.2) is 0 Å². The van der Waals surface area contributed by atoms with E-state index in [2.05, 4.69) is 10.6 Å². The smallest absolute Gasteiger partial charge is 0.239 e. The van der Waals surface area contributed by atoms with Crippen molar-refractivity contribution in [2.45, 2.75) is 34.6 Å². The number of carbonyl (C=O) groups is 2. The van der Waals surface area contributed by atoms with Crippen LogP contribution in [0.2, 0.25) is 0 Å². The quantitative estimate of drug-likeness (QED) is 0.790. The Morgan fingerprint density at radius 2 is 1.42 bits per heavy atom. The lowest BCUT2D eigenvalue weighted by Crippen LogP contribution is -2.41. The Morgan fingerprint density at radius 1 is 0.846 bits per heavy atom. The molecule has 0 fully saturated rings. The number of hydrogen-bond acceptors (Lipinski definition) is 3. The van der Waals surface area contributed by atoms with Crippen LogP contribution in [0.3, 0.4) is 0 Å². The summed E-state index contributed by atoms with van der Waals surface area (Å²) in [7, 11) is 1.54. The number of rotatable bonds is 5. The highest BCUT2D eigenvalue weighted by Gasteiger charge is 2.36. The van der Waals surface area contributed by atoms with Gasteiger partial charge in [-0.3, -0.25) is 9.59 Å². The molecule has 0 radical (unpaired) electrons. The minimum absolute atomic E-state index is 0.369. The van der Waals surface area contributed by atoms with Crippen LogP contribution >= 0.6 is 0 Å². The van der Waals surface area contributed by atoms with Crippen molar-refractivity contribution in [1.29, 1.82) is 0 Å². The fourth-order valence-electron chi connectivity index (χ4n) is 2.64. The van der Waals surface area contributed by atoms with Crippen LogP contribution in [-0.4, -0.2) is 18.9 Å². The number of carbonyl (C=O) groups excluding carboxylic acids is 2. The van der Waals surface area contributed by atoms with E-state index in [1.54, 1.807) is 19.9 Å². The van der Waals surface area contributed by atoms with Crippen LogP contribution in [0.4, 0.5) is 11.4 Å². The highest BCUT2D eigenvalue weighted by Crippen LogP contribution is 2.28. The normalized spacial score (nSPS) is 11.0. The fraction of sp³-hybridized carbons (Fsp3) is 0.333. The van der Waals surface area contributed by atoms with Gasteiger partial charge in [-0.15, -0.1) is 0 Å². The van der Waals surface area contributed by atoms with E-state index in [1.165, 1.54) is 7.11 Å². The second-order valence-electron chi connectivity index (χ2n) is 7.11. The average Bonchev–Trinajstić information content (AvgIpc) is 2.53. The van der Waals surface area contributed by atoms with E-state index in [1.807, 2.05) is 51.1 Å². The lowest BCUT2D eigenvalue weighted by Gasteiger charge is -2.23. The molecule has 2 aromatic rings. The lowest BCUT2D eigenvalue weighted by atomic mass is 9.90. The molecule has 0 spiro atoms. The Bertz CT molecular complexity index is 821. The van der Waals surface area contributed by atoms with Crippen molar-refractivity contribution in [3.8, 4) is 5.75 Å². The summed E-state index contributed by atoms with van der Waals surface area (Å²) in [5, 5.41) is 5.65. The number of hydrogen-bond donors (Lipinski definition) is 2. The molecule has 2 aromatic carbocycles. The monoisotopic (exact) mass is 354 g/mol. The lowest BCUT2D eigenvalue weighted by molar-refractivity contribution is -0.135. The van der Waals surface area contributed by atoms with Crippen molar-refractivity contribution < 1.29 is 14.3 Å². The van der Waals surface area contributed by atoms with Gasteiger partial charge < -0.3 is 15.4 Å². The van der Waals surface area contributed by atoms with Gasteiger partial charge in [0.05, 0.1) is 12.8 Å². The van der Waals surface area contributed by atoms with Crippen LogP contribution in [0.5, 0.6) is 5.75 Å². The minimum atomic E-state index is -1.26. The summed E-state index contributed by atoms with van der Waals surface area (Å²) in [6.45, 7) is 9.05. The van der Waals surface area contributed by atoms with Crippen molar-refractivity contribution in [3.63, 3.8) is 0 Å². The maximum Gasteiger partial charge on any atom is 0.239 e. The molecular formula is C21H26N2O3. The van der Waals surface area contributed by atoms with E-state index in [0.29, 0.717) is 17.1 Å². The third-order valence-corrected chi connectivity index (χ3v) is 4.22. The van der Waals surface area contributed by atoms with Gasteiger partial charge >= 0.3 is 0 Å². The molecule has 2 amide bonds.